The van der Waals surface area contributed by atoms with E-state index in [0.717, 1.165) is 0 Å². The van der Waals surface area contributed by atoms with Gasteiger partial charge in [-0.15, -0.1) is 0 Å². The molecule has 0 N–H and O–H groups in total. The largest absolute Gasteiger partial charge is 0.461 e. The number of ketones is 1. The molecule has 0 aliphatic carbocycles. The van der Waals surface area contributed by atoms with Gasteiger partial charge in [0.1, 0.15) is 0 Å². The van der Waals surface area contributed by atoms with E-state index < -0.39 is 4.92 Å². The Kier molecular flexibility index (Phi) is 3.91. The number of nitrogens with zero attached hydrogens (tertiary/aromatic N) is 1. The highest BCUT2D eigenvalue weighted by molar-refractivity contribution is 9.12. The molecule has 0 fully saturated rings. The summed E-state index contributed by atoms with van der Waals surface area (Å²) in [5.41, 5.74) is 0.683. The van der Waals surface area contributed by atoms with Crippen LogP contribution < -0.4 is 0 Å². The van der Waals surface area contributed by atoms with Crippen molar-refractivity contribution in [2.24, 2.45) is 0 Å². The molecule has 0 aliphatic rings. The molecule has 1 aromatic carbocycles. The van der Waals surface area contributed by atoms with Crippen molar-refractivity contribution >= 4 is 33.5 Å². The molecule has 96 valence electrons. The van der Waals surface area contributed by atoms with Crippen LogP contribution in [0.25, 0.3) is 6.08 Å². The van der Waals surface area contributed by atoms with Crippen LogP contribution in [0.4, 0.5) is 5.69 Å². The number of nitro groups is 1. The van der Waals surface area contributed by atoms with Gasteiger partial charge >= 0.3 is 0 Å². The molecular formula is C13H8BrNO4. The summed E-state index contributed by atoms with van der Waals surface area (Å²) in [6, 6.07) is 9.07. The van der Waals surface area contributed by atoms with Crippen molar-refractivity contribution in [2.45, 2.75) is 0 Å². The molecule has 5 nitrogen and oxygen atoms in total. The van der Waals surface area contributed by atoms with Crippen molar-refractivity contribution in [2.75, 3.05) is 0 Å². The van der Waals surface area contributed by atoms with E-state index in [4.69, 9.17) is 4.42 Å². The SMILES string of the molecule is O=C(/C(Br)=C/c1ccc([N+](=O)[O-])cc1)c1ccco1. The molecule has 1 aromatic heterocycles. The molecule has 0 spiro atoms. The average molecular weight is 322 g/mol. The number of carbonyl (C=O) groups is 1. The van der Waals surface area contributed by atoms with Crippen molar-refractivity contribution in [3.8, 4) is 0 Å². The summed E-state index contributed by atoms with van der Waals surface area (Å²) in [6.07, 6.45) is 2.99. The summed E-state index contributed by atoms with van der Waals surface area (Å²) in [6.45, 7) is 0. The van der Waals surface area contributed by atoms with Gasteiger partial charge in [-0.2, -0.15) is 0 Å². The lowest BCUT2D eigenvalue weighted by Crippen LogP contribution is -1.96. The molecule has 0 bridgehead atoms. The average Bonchev–Trinajstić information content (AvgIpc) is 2.92. The van der Waals surface area contributed by atoms with Gasteiger partial charge in [0.05, 0.1) is 15.7 Å². The highest BCUT2D eigenvalue weighted by atomic mass is 79.9. The zero-order valence-electron chi connectivity index (χ0n) is 9.58. The van der Waals surface area contributed by atoms with Crippen molar-refractivity contribution in [3.63, 3.8) is 0 Å². The van der Waals surface area contributed by atoms with E-state index in [9.17, 15) is 14.9 Å². The summed E-state index contributed by atoms with van der Waals surface area (Å²) in [4.78, 5) is 21.9. The van der Waals surface area contributed by atoms with Crippen molar-refractivity contribution in [3.05, 3.63) is 68.6 Å². The van der Waals surface area contributed by atoms with Crippen molar-refractivity contribution < 1.29 is 14.1 Å². The minimum atomic E-state index is -0.476. The lowest BCUT2D eigenvalue weighted by Gasteiger charge is -1.97. The van der Waals surface area contributed by atoms with Gasteiger partial charge in [0.25, 0.3) is 5.69 Å². The zero-order chi connectivity index (χ0) is 13.8. The first-order valence-corrected chi connectivity index (χ1v) is 6.07. The molecule has 0 saturated carbocycles. The normalized spacial score (nSPS) is 11.3. The van der Waals surface area contributed by atoms with Gasteiger partial charge in [-0.1, -0.05) is 0 Å². The number of hydrogen-bond donors (Lipinski definition) is 0. The number of nitro benzene ring substituents is 1. The smallest absolute Gasteiger partial charge is 0.269 e. The number of rotatable bonds is 4. The van der Waals surface area contributed by atoms with E-state index >= 15 is 0 Å². The Morgan fingerprint density at radius 2 is 1.95 bits per heavy atom. The zero-order valence-corrected chi connectivity index (χ0v) is 11.2. The summed E-state index contributed by atoms with van der Waals surface area (Å²) in [5, 5.41) is 10.5. The van der Waals surface area contributed by atoms with Crippen LogP contribution in [0.15, 0.2) is 51.6 Å². The van der Waals surface area contributed by atoms with Gasteiger partial charge in [-0.3, -0.25) is 14.9 Å². The van der Waals surface area contributed by atoms with Crippen LogP contribution in [0.5, 0.6) is 0 Å². The van der Waals surface area contributed by atoms with Crippen LogP contribution in [0.3, 0.4) is 0 Å². The monoisotopic (exact) mass is 321 g/mol. The fourth-order valence-corrected chi connectivity index (χ4v) is 1.89. The van der Waals surface area contributed by atoms with Gasteiger partial charge in [0.15, 0.2) is 5.76 Å². The van der Waals surface area contributed by atoms with E-state index in [1.165, 1.54) is 18.4 Å². The third-order valence-corrected chi connectivity index (χ3v) is 2.95. The third-order valence-electron chi connectivity index (χ3n) is 2.36. The molecule has 0 radical (unpaired) electrons. The number of Topliss-reactive ketones (excluding diaryl/α,β-unsaturated/α-hetero) is 1. The molecule has 2 aromatic rings. The predicted molar refractivity (Wildman–Crippen MR) is 73.0 cm³/mol. The maximum Gasteiger partial charge on any atom is 0.269 e. The number of non-ortho nitro benzene ring substituents is 1. The predicted octanol–water partition coefficient (Wildman–Crippen LogP) is 3.81. The van der Waals surface area contributed by atoms with E-state index in [2.05, 4.69) is 15.9 Å². The van der Waals surface area contributed by atoms with Crippen LogP contribution in [0.2, 0.25) is 0 Å². The topological polar surface area (TPSA) is 73.3 Å². The fourth-order valence-electron chi connectivity index (χ4n) is 1.43. The summed E-state index contributed by atoms with van der Waals surface area (Å²) < 4.78 is 5.31. The number of furan rings is 1. The van der Waals surface area contributed by atoms with Gasteiger partial charge < -0.3 is 4.42 Å². The Morgan fingerprint density at radius 3 is 2.47 bits per heavy atom. The molecule has 2 rings (SSSR count). The number of benzene rings is 1. The summed E-state index contributed by atoms with van der Waals surface area (Å²) >= 11 is 3.17. The number of allylic oxidation sites excluding steroid dienone is 1. The summed E-state index contributed by atoms with van der Waals surface area (Å²) in [7, 11) is 0. The molecule has 0 aliphatic heterocycles. The lowest BCUT2D eigenvalue weighted by atomic mass is 10.1. The van der Waals surface area contributed by atoms with Gasteiger partial charge in [0, 0.05) is 12.1 Å². The minimum absolute atomic E-state index is 0.00522. The van der Waals surface area contributed by atoms with Crippen LogP contribution in [0.1, 0.15) is 16.1 Å². The maximum atomic E-state index is 11.9. The Morgan fingerprint density at radius 1 is 1.26 bits per heavy atom. The summed E-state index contributed by atoms with van der Waals surface area (Å²) in [5.74, 6) is -0.0617. The van der Waals surface area contributed by atoms with Crippen LogP contribution in [0, 0.1) is 10.1 Å². The standard InChI is InChI=1S/C13H8BrNO4/c14-11(13(16)12-2-1-7-19-12)8-9-3-5-10(6-4-9)15(17)18/h1-8H/b11-8-. The van der Waals surface area contributed by atoms with Crippen LogP contribution >= 0.6 is 15.9 Å². The van der Waals surface area contributed by atoms with E-state index in [1.54, 1.807) is 30.3 Å². The van der Waals surface area contributed by atoms with Crippen LogP contribution in [-0.2, 0) is 0 Å². The third kappa shape index (κ3) is 3.17. The van der Waals surface area contributed by atoms with Crippen molar-refractivity contribution in [1.82, 2.24) is 0 Å². The molecular weight excluding hydrogens is 314 g/mol. The second-order valence-electron chi connectivity index (χ2n) is 3.65. The molecule has 19 heavy (non-hydrogen) atoms. The van der Waals surface area contributed by atoms with Crippen LogP contribution in [-0.4, -0.2) is 10.7 Å². The quantitative estimate of drug-likeness (QED) is 0.371. The second kappa shape index (κ2) is 5.62. The number of carbonyl (C=O) groups excluding carboxylic acids is 1. The number of hydrogen-bond acceptors (Lipinski definition) is 4. The lowest BCUT2D eigenvalue weighted by molar-refractivity contribution is -0.384. The van der Waals surface area contributed by atoms with E-state index in [-0.39, 0.29) is 17.2 Å². The molecule has 0 saturated heterocycles. The van der Waals surface area contributed by atoms with Gasteiger partial charge in [0.2, 0.25) is 5.78 Å². The second-order valence-corrected chi connectivity index (χ2v) is 4.50. The Bertz CT molecular complexity index is 629. The molecule has 1 heterocycles. The van der Waals surface area contributed by atoms with Gasteiger partial charge in [-0.05, 0) is 51.8 Å². The molecule has 0 amide bonds. The first-order valence-electron chi connectivity index (χ1n) is 5.28. The molecule has 0 unspecified atom stereocenters. The Hall–Kier alpha value is -2.21. The fraction of sp³-hybridized carbons (Fsp3) is 0. The minimum Gasteiger partial charge on any atom is -0.461 e. The highest BCUT2D eigenvalue weighted by Crippen LogP contribution is 2.20. The maximum absolute atomic E-state index is 11.9. The first kappa shape index (κ1) is 13.2. The molecule has 6 heteroatoms. The van der Waals surface area contributed by atoms with Crippen molar-refractivity contribution in [1.29, 1.82) is 0 Å². The van der Waals surface area contributed by atoms with E-state index in [0.29, 0.717) is 10.0 Å². The highest BCUT2D eigenvalue weighted by Gasteiger charge is 2.12. The van der Waals surface area contributed by atoms with Gasteiger partial charge in [-0.25, -0.2) is 0 Å². The molecule has 0 atom stereocenters. The Labute approximate surface area is 116 Å². The number of halogens is 1. The Balaban J connectivity index is 2.21. The van der Waals surface area contributed by atoms with E-state index in [1.807, 2.05) is 0 Å². The first-order chi connectivity index (χ1) is 9.08.